The van der Waals surface area contributed by atoms with Gasteiger partial charge in [-0.1, -0.05) is 6.07 Å². The van der Waals surface area contributed by atoms with Crippen LogP contribution in [0.15, 0.2) is 12.1 Å². The summed E-state index contributed by atoms with van der Waals surface area (Å²) in [6.45, 7) is 1.06. The molecule has 0 fully saturated rings. The number of esters is 1. The minimum Gasteiger partial charge on any atom is -0.466 e. The molecule has 1 rings (SSSR count). The van der Waals surface area contributed by atoms with Crippen LogP contribution >= 0.6 is 0 Å². The smallest absolute Gasteiger partial charge is 0.417 e. The lowest BCUT2D eigenvalue weighted by atomic mass is 9.96. The van der Waals surface area contributed by atoms with Crippen LogP contribution in [0.2, 0.25) is 0 Å². The van der Waals surface area contributed by atoms with Gasteiger partial charge in [-0.2, -0.15) is 18.4 Å². The van der Waals surface area contributed by atoms with E-state index in [1.54, 1.807) is 0 Å². The minimum atomic E-state index is -4.76. The highest BCUT2D eigenvalue weighted by Crippen LogP contribution is 2.35. The zero-order valence-corrected chi connectivity index (χ0v) is 10.6. The van der Waals surface area contributed by atoms with Crippen LogP contribution < -0.4 is 0 Å². The van der Waals surface area contributed by atoms with E-state index in [-0.39, 0.29) is 17.7 Å². The van der Waals surface area contributed by atoms with Crippen molar-refractivity contribution in [1.82, 2.24) is 0 Å². The molecule has 0 amide bonds. The van der Waals surface area contributed by atoms with Crippen molar-refractivity contribution >= 4 is 5.97 Å². The fraction of sp³-hybridized carbons (Fsp3) is 0.385. The van der Waals surface area contributed by atoms with E-state index in [0.717, 1.165) is 12.1 Å². The number of aliphatic hydroxyl groups is 1. The molecule has 1 aromatic rings. The van der Waals surface area contributed by atoms with Crippen molar-refractivity contribution < 1.29 is 27.8 Å². The first kappa shape index (κ1) is 16.0. The molecule has 0 atom stereocenters. The van der Waals surface area contributed by atoms with Gasteiger partial charge in [0.05, 0.1) is 36.8 Å². The summed E-state index contributed by atoms with van der Waals surface area (Å²) in [4.78, 5) is 11.4. The van der Waals surface area contributed by atoms with Gasteiger partial charge in [0.25, 0.3) is 0 Å². The second-order valence-electron chi connectivity index (χ2n) is 3.93. The van der Waals surface area contributed by atoms with Gasteiger partial charge in [-0.25, -0.2) is 0 Å². The maximum atomic E-state index is 13.0. The largest absolute Gasteiger partial charge is 0.466 e. The first-order chi connectivity index (χ1) is 9.33. The summed E-state index contributed by atoms with van der Waals surface area (Å²) in [5.41, 5.74) is -2.03. The zero-order valence-electron chi connectivity index (χ0n) is 10.6. The number of aliphatic hydroxyl groups excluding tert-OH is 1. The normalized spacial score (nSPS) is 11.0. The highest BCUT2D eigenvalue weighted by Gasteiger charge is 2.37. The molecule has 0 aliphatic carbocycles. The van der Waals surface area contributed by atoms with Gasteiger partial charge in [-0.05, 0) is 24.1 Å². The number of hydrogen-bond donors (Lipinski definition) is 1. The quantitative estimate of drug-likeness (QED) is 0.862. The number of nitriles is 1. The lowest BCUT2D eigenvalue weighted by Crippen LogP contribution is -2.17. The number of carbonyl (C=O) groups is 1. The number of carbonyl (C=O) groups excluding carboxylic acids is 1. The monoisotopic (exact) mass is 287 g/mol. The Hall–Kier alpha value is -2.07. The molecule has 20 heavy (non-hydrogen) atoms. The summed E-state index contributed by atoms with van der Waals surface area (Å²) in [5, 5.41) is 17.8. The van der Waals surface area contributed by atoms with E-state index in [9.17, 15) is 18.0 Å². The van der Waals surface area contributed by atoms with Crippen LogP contribution in [0.1, 0.15) is 29.2 Å². The van der Waals surface area contributed by atoms with E-state index < -0.39 is 36.3 Å². The van der Waals surface area contributed by atoms with Gasteiger partial charge in [0.15, 0.2) is 0 Å². The summed E-state index contributed by atoms with van der Waals surface area (Å²) in [5.74, 6) is -0.822. The van der Waals surface area contributed by atoms with Gasteiger partial charge in [0.1, 0.15) is 0 Å². The van der Waals surface area contributed by atoms with E-state index in [2.05, 4.69) is 4.74 Å². The Morgan fingerprint density at radius 3 is 2.55 bits per heavy atom. The Kier molecular flexibility index (Phi) is 5.11. The summed E-state index contributed by atoms with van der Waals surface area (Å²) in [7, 11) is 0. The molecule has 0 aliphatic rings. The third kappa shape index (κ3) is 3.71. The third-order valence-electron chi connectivity index (χ3n) is 2.51. The van der Waals surface area contributed by atoms with Gasteiger partial charge in [-0.15, -0.1) is 0 Å². The Morgan fingerprint density at radius 2 is 2.10 bits per heavy atom. The summed E-state index contributed by atoms with van der Waals surface area (Å²) >= 11 is 0. The Morgan fingerprint density at radius 1 is 1.45 bits per heavy atom. The molecule has 108 valence electrons. The number of hydrogen-bond acceptors (Lipinski definition) is 4. The van der Waals surface area contributed by atoms with Crippen molar-refractivity contribution in [2.75, 3.05) is 6.61 Å². The van der Waals surface area contributed by atoms with E-state index in [1.165, 1.54) is 13.0 Å². The molecule has 0 radical (unpaired) electrons. The second-order valence-corrected chi connectivity index (χ2v) is 3.93. The Bertz CT molecular complexity index is 547. The SMILES string of the molecule is CCOC(=O)Cc1cc(CO)cc(C#N)c1C(F)(F)F. The number of rotatable bonds is 4. The van der Waals surface area contributed by atoms with Crippen LogP contribution in [-0.4, -0.2) is 17.7 Å². The Labute approximate surface area is 113 Å². The van der Waals surface area contributed by atoms with E-state index in [4.69, 9.17) is 10.4 Å². The maximum Gasteiger partial charge on any atom is 0.417 e. The number of alkyl halides is 3. The molecule has 0 aliphatic heterocycles. The van der Waals surface area contributed by atoms with Crippen LogP contribution in [0.25, 0.3) is 0 Å². The van der Waals surface area contributed by atoms with Gasteiger partial charge in [-0.3, -0.25) is 4.79 Å². The van der Waals surface area contributed by atoms with Crippen LogP contribution in [-0.2, 0) is 28.7 Å². The molecule has 7 heteroatoms. The number of ether oxygens (including phenoxy) is 1. The van der Waals surface area contributed by atoms with E-state index >= 15 is 0 Å². The summed E-state index contributed by atoms with van der Waals surface area (Å²) in [6.07, 6.45) is -5.37. The topological polar surface area (TPSA) is 70.3 Å². The number of halogens is 3. The fourth-order valence-corrected chi connectivity index (χ4v) is 1.79. The summed E-state index contributed by atoms with van der Waals surface area (Å²) < 4.78 is 43.6. The van der Waals surface area contributed by atoms with Crippen LogP contribution in [0, 0.1) is 11.3 Å². The molecule has 0 bridgehead atoms. The summed E-state index contributed by atoms with van der Waals surface area (Å²) in [6, 6.07) is 3.45. The predicted octanol–water partition coefficient (Wildman–Crippen LogP) is 2.17. The van der Waals surface area contributed by atoms with Crippen molar-refractivity contribution in [2.24, 2.45) is 0 Å². The standard InChI is InChI=1S/C13H12F3NO3/c1-2-20-11(19)5-9-3-8(7-18)4-10(6-17)12(9)13(14,15)16/h3-4,18H,2,5,7H2,1H3. The molecular weight excluding hydrogens is 275 g/mol. The van der Waals surface area contributed by atoms with Crippen molar-refractivity contribution in [3.63, 3.8) is 0 Å². The highest BCUT2D eigenvalue weighted by molar-refractivity contribution is 5.73. The van der Waals surface area contributed by atoms with Crippen molar-refractivity contribution in [2.45, 2.75) is 26.1 Å². The van der Waals surface area contributed by atoms with E-state index in [1.807, 2.05) is 0 Å². The van der Waals surface area contributed by atoms with Gasteiger partial charge >= 0.3 is 12.1 Å². The Balaban J connectivity index is 3.38. The van der Waals surface area contributed by atoms with Crippen molar-refractivity contribution in [3.8, 4) is 6.07 Å². The van der Waals surface area contributed by atoms with E-state index in [0.29, 0.717) is 0 Å². The average Bonchev–Trinajstić information content (AvgIpc) is 2.36. The molecule has 1 aromatic carbocycles. The average molecular weight is 287 g/mol. The van der Waals surface area contributed by atoms with Crippen LogP contribution in [0.5, 0.6) is 0 Å². The van der Waals surface area contributed by atoms with Crippen LogP contribution in [0.4, 0.5) is 13.2 Å². The van der Waals surface area contributed by atoms with Gasteiger partial charge in [0.2, 0.25) is 0 Å². The molecule has 4 nitrogen and oxygen atoms in total. The zero-order chi connectivity index (χ0) is 15.3. The van der Waals surface area contributed by atoms with Crippen molar-refractivity contribution in [3.05, 3.63) is 34.4 Å². The lowest BCUT2D eigenvalue weighted by Gasteiger charge is -2.15. The lowest BCUT2D eigenvalue weighted by molar-refractivity contribution is -0.143. The molecule has 0 heterocycles. The van der Waals surface area contributed by atoms with Gasteiger partial charge < -0.3 is 9.84 Å². The molecule has 0 saturated heterocycles. The van der Waals surface area contributed by atoms with Gasteiger partial charge in [0, 0.05) is 0 Å². The first-order valence-electron chi connectivity index (χ1n) is 5.73. The molecule has 0 aromatic heterocycles. The molecule has 1 N–H and O–H groups in total. The highest BCUT2D eigenvalue weighted by atomic mass is 19.4. The van der Waals surface area contributed by atoms with Crippen molar-refractivity contribution in [1.29, 1.82) is 5.26 Å². The number of nitrogens with zero attached hydrogens (tertiary/aromatic N) is 1. The minimum absolute atomic E-state index is 0.0466. The molecule has 0 spiro atoms. The van der Waals surface area contributed by atoms with Crippen LogP contribution in [0.3, 0.4) is 0 Å². The predicted molar refractivity (Wildman–Crippen MR) is 62.4 cm³/mol. The fourth-order valence-electron chi connectivity index (χ4n) is 1.79. The number of benzene rings is 1. The first-order valence-corrected chi connectivity index (χ1v) is 5.73. The molecular formula is C13H12F3NO3. The molecule has 0 unspecified atom stereocenters. The third-order valence-corrected chi connectivity index (χ3v) is 2.51. The second kappa shape index (κ2) is 6.39. The maximum absolute atomic E-state index is 13.0. The molecule has 0 saturated carbocycles.